The molecule has 64 valence electrons. The van der Waals surface area contributed by atoms with Crippen LogP contribution in [-0.4, -0.2) is 0 Å². The first kappa shape index (κ1) is 12.9. The van der Waals surface area contributed by atoms with E-state index in [0.29, 0.717) is 5.92 Å². The van der Waals surface area contributed by atoms with Crippen molar-refractivity contribution < 1.29 is 0 Å². The molecule has 1 aromatic carbocycles. The third-order valence-corrected chi connectivity index (χ3v) is 1.47. The summed E-state index contributed by atoms with van der Waals surface area (Å²) in [5, 5.41) is 0. The number of rotatable bonds is 1. The summed E-state index contributed by atoms with van der Waals surface area (Å²) >= 11 is 0. The Hall–Kier alpha value is -0.780. The SMILES string of the molecule is C.C.CC(C)c1ccccc1. The average Bonchev–Trinajstić information content (AvgIpc) is 1.90. The molecule has 0 heterocycles. The van der Waals surface area contributed by atoms with Gasteiger partial charge in [0.15, 0.2) is 0 Å². The van der Waals surface area contributed by atoms with E-state index in [1.54, 1.807) is 0 Å². The minimum absolute atomic E-state index is 0. The molecule has 0 N–H and O–H groups in total. The smallest absolute Gasteiger partial charge is 0.0219 e. The highest BCUT2D eigenvalue weighted by molar-refractivity contribution is 5.17. The number of hydrogen-bond donors (Lipinski definition) is 0. The van der Waals surface area contributed by atoms with Gasteiger partial charge >= 0.3 is 0 Å². The first-order chi connectivity index (χ1) is 4.30. The predicted molar refractivity (Wildman–Crippen MR) is 54.0 cm³/mol. The molecule has 0 heteroatoms. The molecule has 1 aromatic rings. The molecule has 0 saturated carbocycles. The standard InChI is InChI=1S/C9H12.2CH4/c1-8(2)9-6-4-3-5-7-9;;/h3-8H,1-2H3;2*1H4. The largest absolute Gasteiger partial charge is 0.0776 e. The summed E-state index contributed by atoms with van der Waals surface area (Å²) in [6.07, 6.45) is 0. The van der Waals surface area contributed by atoms with Gasteiger partial charge < -0.3 is 0 Å². The first-order valence-electron chi connectivity index (χ1n) is 3.35. The van der Waals surface area contributed by atoms with Crippen molar-refractivity contribution in [3.8, 4) is 0 Å². The van der Waals surface area contributed by atoms with Crippen LogP contribution in [0.3, 0.4) is 0 Å². The van der Waals surface area contributed by atoms with Crippen molar-refractivity contribution in [2.75, 3.05) is 0 Å². The molecule has 0 amide bonds. The van der Waals surface area contributed by atoms with Gasteiger partial charge in [-0.15, -0.1) is 0 Å². The molecule has 0 radical (unpaired) electrons. The molecular weight excluding hydrogens is 132 g/mol. The van der Waals surface area contributed by atoms with Crippen LogP contribution in [-0.2, 0) is 0 Å². The molecule has 0 nitrogen and oxygen atoms in total. The van der Waals surface area contributed by atoms with Crippen molar-refractivity contribution >= 4 is 0 Å². The summed E-state index contributed by atoms with van der Waals surface area (Å²) in [5.41, 5.74) is 1.41. The fourth-order valence-corrected chi connectivity index (χ4v) is 0.838. The summed E-state index contributed by atoms with van der Waals surface area (Å²) in [5.74, 6) is 0.659. The van der Waals surface area contributed by atoms with Crippen LogP contribution in [0.1, 0.15) is 40.2 Å². The van der Waals surface area contributed by atoms with Gasteiger partial charge in [0, 0.05) is 0 Å². The second-order valence-corrected chi connectivity index (χ2v) is 2.57. The maximum atomic E-state index is 2.20. The van der Waals surface area contributed by atoms with Gasteiger partial charge in [0.05, 0.1) is 0 Å². The molecule has 0 aliphatic rings. The normalized spacial score (nSPS) is 8.27. The van der Waals surface area contributed by atoms with Crippen molar-refractivity contribution in [2.24, 2.45) is 0 Å². The molecule has 0 fully saturated rings. The Morgan fingerprint density at radius 3 is 1.64 bits per heavy atom. The van der Waals surface area contributed by atoms with E-state index in [4.69, 9.17) is 0 Å². The lowest BCUT2D eigenvalue weighted by atomic mass is 10.0. The van der Waals surface area contributed by atoms with Crippen molar-refractivity contribution in [2.45, 2.75) is 34.6 Å². The van der Waals surface area contributed by atoms with Crippen molar-refractivity contribution in [1.82, 2.24) is 0 Å². The Morgan fingerprint density at radius 2 is 1.36 bits per heavy atom. The van der Waals surface area contributed by atoms with E-state index in [0.717, 1.165) is 0 Å². The van der Waals surface area contributed by atoms with Crippen LogP contribution in [0.15, 0.2) is 30.3 Å². The average molecular weight is 152 g/mol. The fraction of sp³-hybridized carbons (Fsp3) is 0.455. The Bertz CT molecular complexity index is 163. The third kappa shape index (κ3) is 3.82. The maximum absolute atomic E-state index is 2.20. The highest BCUT2D eigenvalue weighted by atomic mass is 14.0. The highest BCUT2D eigenvalue weighted by Crippen LogP contribution is 2.11. The van der Waals surface area contributed by atoms with E-state index >= 15 is 0 Å². The van der Waals surface area contributed by atoms with Gasteiger partial charge in [0.25, 0.3) is 0 Å². The van der Waals surface area contributed by atoms with E-state index in [1.807, 2.05) is 6.07 Å². The fourth-order valence-electron chi connectivity index (χ4n) is 0.838. The zero-order valence-corrected chi connectivity index (χ0v) is 5.96. The van der Waals surface area contributed by atoms with E-state index in [1.165, 1.54) is 5.56 Å². The van der Waals surface area contributed by atoms with E-state index in [9.17, 15) is 0 Å². The minimum atomic E-state index is 0. The van der Waals surface area contributed by atoms with E-state index < -0.39 is 0 Å². The van der Waals surface area contributed by atoms with Crippen LogP contribution >= 0.6 is 0 Å². The molecule has 0 aromatic heterocycles. The van der Waals surface area contributed by atoms with Crippen molar-refractivity contribution in [3.63, 3.8) is 0 Å². The molecule has 0 atom stereocenters. The summed E-state index contributed by atoms with van der Waals surface area (Å²) in [6.45, 7) is 4.41. The lowest BCUT2D eigenvalue weighted by molar-refractivity contribution is 0.867. The Morgan fingerprint density at radius 1 is 0.909 bits per heavy atom. The Labute approximate surface area is 71.3 Å². The van der Waals surface area contributed by atoms with Crippen LogP contribution in [0.25, 0.3) is 0 Å². The monoisotopic (exact) mass is 152 g/mol. The van der Waals surface area contributed by atoms with Gasteiger partial charge in [0.1, 0.15) is 0 Å². The molecule has 0 bridgehead atoms. The number of hydrogen-bond acceptors (Lipinski definition) is 0. The van der Waals surface area contributed by atoms with Gasteiger partial charge in [-0.3, -0.25) is 0 Å². The zero-order valence-electron chi connectivity index (χ0n) is 5.96. The zero-order chi connectivity index (χ0) is 6.69. The van der Waals surface area contributed by atoms with Crippen LogP contribution in [0.5, 0.6) is 0 Å². The maximum Gasteiger partial charge on any atom is -0.0219 e. The molecule has 0 unspecified atom stereocenters. The van der Waals surface area contributed by atoms with Crippen LogP contribution < -0.4 is 0 Å². The Balaban J connectivity index is 0. The summed E-state index contributed by atoms with van der Waals surface area (Å²) in [4.78, 5) is 0. The molecule has 0 spiro atoms. The molecule has 0 aliphatic carbocycles. The predicted octanol–water partition coefficient (Wildman–Crippen LogP) is 4.08. The van der Waals surface area contributed by atoms with Gasteiger partial charge in [-0.2, -0.15) is 0 Å². The third-order valence-electron chi connectivity index (χ3n) is 1.47. The first-order valence-corrected chi connectivity index (χ1v) is 3.35. The van der Waals surface area contributed by atoms with E-state index in [-0.39, 0.29) is 14.9 Å². The van der Waals surface area contributed by atoms with E-state index in [2.05, 4.69) is 38.1 Å². The van der Waals surface area contributed by atoms with Crippen molar-refractivity contribution in [3.05, 3.63) is 35.9 Å². The van der Waals surface area contributed by atoms with Crippen LogP contribution in [0.4, 0.5) is 0 Å². The summed E-state index contributed by atoms with van der Waals surface area (Å²) in [6, 6.07) is 10.5. The van der Waals surface area contributed by atoms with Gasteiger partial charge in [-0.25, -0.2) is 0 Å². The summed E-state index contributed by atoms with van der Waals surface area (Å²) in [7, 11) is 0. The lowest BCUT2D eigenvalue weighted by Gasteiger charge is -2.01. The quantitative estimate of drug-likeness (QED) is 0.568. The molecule has 11 heavy (non-hydrogen) atoms. The topological polar surface area (TPSA) is 0 Å². The lowest BCUT2D eigenvalue weighted by Crippen LogP contribution is -1.83. The second kappa shape index (κ2) is 5.96. The molecular formula is C11H20. The van der Waals surface area contributed by atoms with Gasteiger partial charge in [0.2, 0.25) is 0 Å². The van der Waals surface area contributed by atoms with Crippen LogP contribution in [0.2, 0.25) is 0 Å². The Kier molecular flexibility index (Phi) is 6.97. The van der Waals surface area contributed by atoms with Crippen LogP contribution in [0, 0.1) is 0 Å². The minimum Gasteiger partial charge on any atom is -0.0776 e. The molecule has 0 saturated heterocycles. The number of benzene rings is 1. The van der Waals surface area contributed by atoms with Gasteiger partial charge in [-0.05, 0) is 11.5 Å². The van der Waals surface area contributed by atoms with Gasteiger partial charge in [-0.1, -0.05) is 59.0 Å². The molecule has 0 aliphatic heterocycles. The second-order valence-electron chi connectivity index (χ2n) is 2.57. The van der Waals surface area contributed by atoms with Crippen molar-refractivity contribution in [1.29, 1.82) is 0 Å². The summed E-state index contributed by atoms with van der Waals surface area (Å²) < 4.78 is 0. The highest BCUT2D eigenvalue weighted by Gasteiger charge is 1.93. The molecule has 1 rings (SSSR count).